The summed E-state index contributed by atoms with van der Waals surface area (Å²) < 4.78 is 0. The van der Waals surface area contributed by atoms with E-state index in [1.54, 1.807) is 13.8 Å². The van der Waals surface area contributed by atoms with Crippen LogP contribution in [0.2, 0.25) is 0 Å². The normalized spacial score (nSPS) is 15.9. The number of aliphatic hydroxyl groups excluding tert-OH is 1. The second kappa shape index (κ2) is 4.23. The van der Waals surface area contributed by atoms with Crippen molar-refractivity contribution in [3.8, 4) is 0 Å². The van der Waals surface area contributed by atoms with Gasteiger partial charge in [-0.3, -0.25) is 4.79 Å². The van der Waals surface area contributed by atoms with Crippen LogP contribution in [0, 0.1) is 5.92 Å². The molecule has 1 N–H and O–H groups in total. The average Bonchev–Trinajstić information content (AvgIpc) is 2.00. The predicted octanol–water partition coefficient (Wildman–Crippen LogP) is 1.15. The molecule has 2 nitrogen and oxygen atoms in total. The Morgan fingerprint density at radius 1 is 1.80 bits per heavy atom. The number of aliphatic hydroxyl groups is 1. The van der Waals surface area contributed by atoms with E-state index in [-0.39, 0.29) is 11.7 Å². The first-order chi connectivity index (χ1) is 4.63. The molecular formula is C8H14O2. The Labute approximate surface area is 61.6 Å². The zero-order valence-corrected chi connectivity index (χ0v) is 6.50. The Bertz CT molecular complexity index is 129. The van der Waals surface area contributed by atoms with E-state index in [0.717, 1.165) is 0 Å². The van der Waals surface area contributed by atoms with E-state index in [1.165, 1.54) is 6.08 Å². The number of hydrogen-bond acceptors (Lipinski definition) is 2. The monoisotopic (exact) mass is 142 g/mol. The summed E-state index contributed by atoms with van der Waals surface area (Å²) in [6, 6.07) is 0. The number of ketones is 1. The summed E-state index contributed by atoms with van der Waals surface area (Å²) in [5.74, 6) is -0.227. The minimum absolute atomic E-state index is 0.0763. The van der Waals surface area contributed by atoms with Gasteiger partial charge in [0, 0.05) is 12.3 Å². The molecule has 0 unspecified atom stereocenters. The summed E-state index contributed by atoms with van der Waals surface area (Å²) in [7, 11) is 0. The van der Waals surface area contributed by atoms with Crippen molar-refractivity contribution in [3.63, 3.8) is 0 Å². The van der Waals surface area contributed by atoms with Crippen LogP contribution in [0.25, 0.3) is 0 Å². The fourth-order valence-electron chi connectivity index (χ4n) is 0.717. The van der Waals surface area contributed by atoms with Gasteiger partial charge in [-0.15, -0.1) is 6.58 Å². The number of carbonyl (C=O) groups is 1. The maximum Gasteiger partial charge on any atom is 0.138 e. The quantitative estimate of drug-likeness (QED) is 0.598. The molecule has 0 aromatic rings. The van der Waals surface area contributed by atoms with Crippen molar-refractivity contribution in [1.82, 2.24) is 0 Å². The van der Waals surface area contributed by atoms with Gasteiger partial charge in [-0.1, -0.05) is 19.9 Å². The molecule has 0 rings (SSSR count). The van der Waals surface area contributed by atoms with Gasteiger partial charge in [0.1, 0.15) is 5.78 Å². The lowest BCUT2D eigenvalue weighted by Crippen LogP contribution is -2.22. The van der Waals surface area contributed by atoms with Crippen molar-refractivity contribution < 1.29 is 9.90 Å². The molecule has 0 spiro atoms. The first kappa shape index (κ1) is 9.37. The maximum atomic E-state index is 10.9. The van der Waals surface area contributed by atoms with Crippen LogP contribution in [-0.2, 0) is 4.79 Å². The third-order valence-electron chi connectivity index (χ3n) is 1.61. The summed E-state index contributed by atoms with van der Waals surface area (Å²) in [6.45, 7) is 6.89. The fraction of sp³-hybridized carbons (Fsp3) is 0.625. The molecule has 0 aromatic carbocycles. The second-order valence-electron chi connectivity index (χ2n) is 2.33. The van der Waals surface area contributed by atoms with Crippen LogP contribution in [0.1, 0.15) is 20.3 Å². The summed E-state index contributed by atoms with van der Waals surface area (Å²) in [6.07, 6.45) is 1.18. The van der Waals surface area contributed by atoms with Gasteiger partial charge in [-0.25, -0.2) is 0 Å². The SMILES string of the molecule is C=C[C@H](O)[C@H](C)C(=O)CC. The smallest absolute Gasteiger partial charge is 0.138 e. The summed E-state index contributed by atoms with van der Waals surface area (Å²) in [4.78, 5) is 10.9. The predicted molar refractivity (Wildman–Crippen MR) is 40.7 cm³/mol. The molecule has 0 aliphatic heterocycles. The highest BCUT2D eigenvalue weighted by Crippen LogP contribution is 2.06. The molecule has 0 aliphatic carbocycles. The van der Waals surface area contributed by atoms with Crippen molar-refractivity contribution in [2.24, 2.45) is 5.92 Å². The molecule has 2 heteroatoms. The molecule has 2 atom stereocenters. The van der Waals surface area contributed by atoms with Crippen LogP contribution in [0.4, 0.5) is 0 Å². The van der Waals surface area contributed by atoms with E-state index in [4.69, 9.17) is 5.11 Å². The van der Waals surface area contributed by atoms with Crippen molar-refractivity contribution >= 4 is 5.78 Å². The van der Waals surface area contributed by atoms with Crippen LogP contribution in [0.15, 0.2) is 12.7 Å². The zero-order chi connectivity index (χ0) is 8.15. The van der Waals surface area contributed by atoms with E-state index >= 15 is 0 Å². The lowest BCUT2D eigenvalue weighted by molar-refractivity contribution is -0.124. The van der Waals surface area contributed by atoms with Crippen molar-refractivity contribution in [1.29, 1.82) is 0 Å². The zero-order valence-electron chi connectivity index (χ0n) is 6.50. The number of carbonyl (C=O) groups excluding carboxylic acids is 1. The van der Waals surface area contributed by atoms with Crippen molar-refractivity contribution in [3.05, 3.63) is 12.7 Å². The van der Waals surface area contributed by atoms with Gasteiger partial charge in [0.2, 0.25) is 0 Å². The van der Waals surface area contributed by atoms with Crippen LogP contribution < -0.4 is 0 Å². The Balaban J connectivity index is 3.93. The van der Waals surface area contributed by atoms with Crippen LogP contribution >= 0.6 is 0 Å². The third kappa shape index (κ3) is 2.31. The van der Waals surface area contributed by atoms with E-state index in [2.05, 4.69) is 6.58 Å². The fourth-order valence-corrected chi connectivity index (χ4v) is 0.717. The van der Waals surface area contributed by atoms with Crippen molar-refractivity contribution in [2.75, 3.05) is 0 Å². The Kier molecular flexibility index (Phi) is 3.96. The molecule has 0 saturated heterocycles. The molecule has 58 valence electrons. The number of rotatable bonds is 4. The number of hydrogen-bond donors (Lipinski definition) is 1. The highest BCUT2D eigenvalue weighted by atomic mass is 16.3. The third-order valence-corrected chi connectivity index (χ3v) is 1.61. The lowest BCUT2D eigenvalue weighted by Gasteiger charge is -2.11. The van der Waals surface area contributed by atoms with Gasteiger partial charge < -0.3 is 5.11 Å². The molecule has 0 aromatic heterocycles. The topological polar surface area (TPSA) is 37.3 Å². The summed E-state index contributed by atoms with van der Waals surface area (Å²) in [5.41, 5.74) is 0. The minimum atomic E-state index is -0.688. The highest BCUT2D eigenvalue weighted by molar-refractivity contribution is 5.81. The van der Waals surface area contributed by atoms with Gasteiger partial charge in [0.05, 0.1) is 6.10 Å². The van der Waals surface area contributed by atoms with Gasteiger partial charge in [0.15, 0.2) is 0 Å². The maximum absolute atomic E-state index is 10.9. The van der Waals surface area contributed by atoms with Gasteiger partial charge in [0.25, 0.3) is 0 Å². The van der Waals surface area contributed by atoms with Gasteiger partial charge in [-0.05, 0) is 0 Å². The van der Waals surface area contributed by atoms with E-state index in [1.807, 2.05) is 0 Å². The lowest BCUT2D eigenvalue weighted by atomic mass is 9.98. The Morgan fingerprint density at radius 3 is 2.60 bits per heavy atom. The standard InChI is InChI=1S/C8H14O2/c1-4-7(9)6(3)8(10)5-2/h4,6-7,9H,1,5H2,2-3H3/t6-,7-/m0/s1. The summed E-state index contributed by atoms with van der Waals surface area (Å²) >= 11 is 0. The van der Waals surface area contributed by atoms with Crippen LogP contribution in [0.5, 0.6) is 0 Å². The molecule has 0 aliphatic rings. The number of Topliss-reactive ketones (excluding diaryl/α,β-unsaturated/α-hetero) is 1. The van der Waals surface area contributed by atoms with E-state index in [0.29, 0.717) is 6.42 Å². The molecule has 0 saturated carbocycles. The molecule has 0 fully saturated rings. The van der Waals surface area contributed by atoms with E-state index in [9.17, 15) is 4.79 Å². The van der Waals surface area contributed by atoms with Gasteiger partial charge in [-0.2, -0.15) is 0 Å². The van der Waals surface area contributed by atoms with Crippen LogP contribution in [-0.4, -0.2) is 17.0 Å². The van der Waals surface area contributed by atoms with E-state index < -0.39 is 6.10 Å². The first-order valence-corrected chi connectivity index (χ1v) is 3.46. The molecule has 0 bridgehead atoms. The Hall–Kier alpha value is -0.630. The average molecular weight is 142 g/mol. The largest absolute Gasteiger partial charge is 0.388 e. The van der Waals surface area contributed by atoms with Crippen molar-refractivity contribution in [2.45, 2.75) is 26.4 Å². The Morgan fingerprint density at radius 2 is 2.30 bits per heavy atom. The second-order valence-corrected chi connectivity index (χ2v) is 2.33. The van der Waals surface area contributed by atoms with Crippen LogP contribution in [0.3, 0.4) is 0 Å². The molecule has 10 heavy (non-hydrogen) atoms. The van der Waals surface area contributed by atoms with Gasteiger partial charge >= 0.3 is 0 Å². The molecule has 0 heterocycles. The highest BCUT2D eigenvalue weighted by Gasteiger charge is 2.16. The minimum Gasteiger partial charge on any atom is -0.388 e. The molecule has 0 amide bonds. The molecule has 0 radical (unpaired) electrons. The molecular weight excluding hydrogens is 128 g/mol. The first-order valence-electron chi connectivity index (χ1n) is 3.46. The summed E-state index contributed by atoms with van der Waals surface area (Å²) in [5, 5.41) is 9.09.